The molecule has 0 saturated carbocycles. The number of carbonyl (C=O) groups is 2. The number of amides is 2. The van der Waals surface area contributed by atoms with Gasteiger partial charge in [0.25, 0.3) is 11.8 Å². The number of methoxy groups -OCH3 is 1. The van der Waals surface area contributed by atoms with Gasteiger partial charge in [-0.2, -0.15) is 18.3 Å². The first-order valence-corrected chi connectivity index (χ1v) is 13.0. The number of aromatic nitrogens is 2. The second-order valence-corrected chi connectivity index (χ2v) is 9.72. The molecule has 2 atom stereocenters. The lowest BCUT2D eigenvalue weighted by molar-refractivity contribution is -0.141. The van der Waals surface area contributed by atoms with Crippen LogP contribution in [-0.2, 0) is 13.2 Å². The van der Waals surface area contributed by atoms with Crippen LogP contribution in [0.25, 0.3) is 0 Å². The van der Waals surface area contributed by atoms with Crippen LogP contribution in [0.3, 0.4) is 0 Å². The quantitative estimate of drug-likeness (QED) is 0.364. The van der Waals surface area contributed by atoms with Gasteiger partial charge in [-0.1, -0.05) is 41.9 Å². The number of alkyl halides is 3. The molecule has 216 valence electrons. The van der Waals surface area contributed by atoms with Crippen LogP contribution < -0.4 is 10.1 Å². The Labute approximate surface area is 239 Å². The van der Waals surface area contributed by atoms with Gasteiger partial charge in [0.2, 0.25) is 0 Å². The maximum Gasteiger partial charge on any atom is 0.436 e. The van der Waals surface area contributed by atoms with E-state index in [9.17, 15) is 22.8 Å². The molecule has 1 aliphatic rings. The number of rotatable bonds is 7. The second kappa shape index (κ2) is 12.1. The molecule has 2 aromatic carbocycles. The Morgan fingerprint density at radius 2 is 1.95 bits per heavy atom. The Morgan fingerprint density at radius 1 is 1.24 bits per heavy atom. The molecule has 2 heterocycles. The fourth-order valence-electron chi connectivity index (χ4n) is 4.93. The molecule has 4 rings (SSSR count). The Kier molecular flexibility index (Phi) is 8.81. The van der Waals surface area contributed by atoms with E-state index in [-0.39, 0.29) is 25.4 Å². The minimum Gasteiger partial charge on any atom is -0.494 e. The third-order valence-electron chi connectivity index (χ3n) is 6.87. The van der Waals surface area contributed by atoms with Crippen LogP contribution in [-0.4, -0.2) is 65.7 Å². The number of piperidine rings is 1. The normalized spacial score (nSPS) is 17.5. The van der Waals surface area contributed by atoms with E-state index < -0.39 is 40.5 Å². The summed E-state index contributed by atoms with van der Waals surface area (Å²) < 4.78 is 47.1. The van der Waals surface area contributed by atoms with Crippen molar-refractivity contribution in [3.8, 4) is 5.75 Å². The lowest BCUT2D eigenvalue weighted by Crippen LogP contribution is -2.51. The molecule has 0 aliphatic carbocycles. The fourth-order valence-corrected chi connectivity index (χ4v) is 5.14. The SMILES string of the molecule is C=Nc1cc(C(=O)N2CC[C@@H](NC(=O)c3c(C(F)(F)F)nn(C)c3Cl)[C@@H](c3ccccc3)C2)cc(OC)c1/N=C\C. The van der Waals surface area contributed by atoms with Gasteiger partial charge in [-0.3, -0.25) is 24.3 Å². The average molecular weight is 589 g/mol. The average Bonchev–Trinajstić information content (AvgIpc) is 3.27. The van der Waals surface area contributed by atoms with E-state index >= 15 is 0 Å². The van der Waals surface area contributed by atoms with Crippen LogP contribution in [0, 0.1) is 0 Å². The van der Waals surface area contributed by atoms with Gasteiger partial charge in [-0.25, -0.2) is 0 Å². The highest BCUT2D eigenvalue weighted by atomic mass is 35.5. The minimum absolute atomic E-state index is 0.189. The molecular formula is C28H28ClF3N6O3. The van der Waals surface area contributed by atoms with Crippen LogP contribution in [0.1, 0.15) is 51.2 Å². The van der Waals surface area contributed by atoms with Crippen molar-refractivity contribution in [2.24, 2.45) is 17.0 Å². The highest BCUT2D eigenvalue weighted by Crippen LogP contribution is 2.40. The van der Waals surface area contributed by atoms with E-state index in [1.807, 2.05) is 30.3 Å². The number of hydrogen-bond acceptors (Lipinski definition) is 6. The molecule has 0 bridgehead atoms. The van der Waals surface area contributed by atoms with Gasteiger partial charge in [-0.05, 0) is 37.8 Å². The molecule has 1 aliphatic heterocycles. The number of likely N-dealkylation sites (tertiary alicyclic amines) is 1. The summed E-state index contributed by atoms with van der Waals surface area (Å²) >= 11 is 6.05. The van der Waals surface area contributed by atoms with Gasteiger partial charge in [0, 0.05) is 43.9 Å². The number of ether oxygens (including phenoxy) is 1. The number of hydrogen-bond donors (Lipinski definition) is 1. The highest BCUT2D eigenvalue weighted by molar-refractivity contribution is 6.33. The highest BCUT2D eigenvalue weighted by Gasteiger charge is 2.42. The zero-order valence-electron chi connectivity index (χ0n) is 22.6. The van der Waals surface area contributed by atoms with Gasteiger partial charge in [0.1, 0.15) is 22.2 Å². The zero-order valence-corrected chi connectivity index (χ0v) is 23.3. The Bertz CT molecular complexity index is 1490. The van der Waals surface area contributed by atoms with E-state index in [2.05, 4.69) is 27.1 Å². The molecule has 1 aromatic heterocycles. The summed E-state index contributed by atoms with van der Waals surface area (Å²) in [5.41, 5.74) is -0.159. The predicted molar refractivity (Wildman–Crippen MR) is 150 cm³/mol. The molecule has 9 nitrogen and oxygen atoms in total. The molecule has 13 heteroatoms. The summed E-state index contributed by atoms with van der Waals surface area (Å²) in [4.78, 5) is 36.7. The van der Waals surface area contributed by atoms with Gasteiger partial charge in [0.05, 0.1) is 12.8 Å². The van der Waals surface area contributed by atoms with Crippen molar-refractivity contribution in [1.29, 1.82) is 0 Å². The summed E-state index contributed by atoms with van der Waals surface area (Å²) in [7, 11) is 2.69. The number of carbonyl (C=O) groups excluding carboxylic acids is 2. The maximum absolute atomic E-state index is 13.7. The second-order valence-electron chi connectivity index (χ2n) is 9.36. The van der Waals surface area contributed by atoms with Crippen molar-refractivity contribution in [3.05, 3.63) is 70.0 Å². The van der Waals surface area contributed by atoms with Crippen molar-refractivity contribution in [3.63, 3.8) is 0 Å². The van der Waals surface area contributed by atoms with Crippen molar-refractivity contribution in [1.82, 2.24) is 20.0 Å². The fraction of sp³-hybridized carbons (Fsp3) is 0.321. The van der Waals surface area contributed by atoms with Gasteiger partial charge in [-0.15, -0.1) is 0 Å². The van der Waals surface area contributed by atoms with Crippen molar-refractivity contribution >= 4 is 47.7 Å². The van der Waals surface area contributed by atoms with Crippen LogP contribution in [0.2, 0.25) is 5.15 Å². The monoisotopic (exact) mass is 588 g/mol. The zero-order chi connectivity index (χ0) is 29.9. The third-order valence-corrected chi connectivity index (χ3v) is 7.30. The Hall–Kier alpha value is -4.19. The molecule has 2 amide bonds. The van der Waals surface area contributed by atoms with Gasteiger partial charge < -0.3 is 15.0 Å². The lowest BCUT2D eigenvalue weighted by Gasteiger charge is -2.39. The molecule has 1 saturated heterocycles. The summed E-state index contributed by atoms with van der Waals surface area (Å²) in [6, 6.07) is 11.7. The summed E-state index contributed by atoms with van der Waals surface area (Å²) in [6.07, 6.45) is -3.02. The standard InChI is InChI=1S/C28H28ClF3N6O3/c1-5-34-23-20(33-2)13-17(14-21(23)41-4)27(40)38-12-11-19(18(15-38)16-9-7-6-8-10-16)35-26(39)22-24(28(30,31)32)36-37(3)25(22)29/h5-10,13-14,18-19H,2,11-12,15H2,1,3-4H3,(H,35,39)/b34-5-/t18-,19-/m1/s1. The van der Waals surface area contributed by atoms with E-state index in [4.69, 9.17) is 16.3 Å². The molecule has 1 N–H and O–H groups in total. The van der Waals surface area contributed by atoms with Crippen LogP contribution in [0.5, 0.6) is 5.75 Å². The van der Waals surface area contributed by atoms with E-state index in [1.54, 1.807) is 30.2 Å². The van der Waals surface area contributed by atoms with Gasteiger partial charge in [0.15, 0.2) is 5.69 Å². The maximum atomic E-state index is 13.7. The first-order chi connectivity index (χ1) is 19.5. The topological polar surface area (TPSA) is 101 Å². The number of benzene rings is 2. The smallest absolute Gasteiger partial charge is 0.436 e. The first kappa shape index (κ1) is 29.8. The van der Waals surface area contributed by atoms with Crippen molar-refractivity contribution < 1.29 is 27.5 Å². The number of halogens is 4. The van der Waals surface area contributed by atoms with Gasteiger partial charge >= 0.3 is 6.18 Å². The lowest BCUT2D eigenvalue weighted by atomic mass is 9.85. The molecule has 1 fully saturated rings. The molecule has 0 spiro atoms. The molecular weight excluding hydrogens is 561 g/mol. The van der Waals surface area contributed by atoms with Crippen LogP contribution in [0.15, 0.2) is 52.4 Å². The van der Waals surface area contributed by atoms with Crippen molar-refractivity contribution in [2.45, 2.75) is 31.5 Å². The molecule has 0 unspecified atom stereocenters. The third kappa shape index (κ3) is 6.12. The molecule has 41 heavy (non-hydrogen) atoms. The number of aryl methyl sites for hydroxylation is 1. The number of aliphatic imine (C=N–C) groups is 2. The van der Waals surface area contributed by atoms with E-state index in [0.29, 0.717) is 22.7 Å². The molecule has 0 radical (unpaired) electrons. The van der Waals surface area contributed by atoms with Crippen LogP contribution in [0.4, 0.5) is 24.5 Å². The van der Waals surface area contributed by atoms with E-state index in [0.717, 1.165) is 10.2 Å². The molecule has 3 aromatic rings. The largest absolute Gasteiger partial charge is 0.494 e. The Morgan fingerprint density at radius 3 is 2.56 bits per heavy atom. The Balaban J connectivity index is 1.64. The first-order valence-electron chi connectivity index (χ1n) is 12.6. The van der Waals surface area contributed by atoms with Crippen molar-refractivity contribution in [2.75, 3.05) is 20.2 Å². The summed E-state index contributed by atoms with van der Waals surface area (Å²) in [5, 5.41) is 5.72. The minimum atomic E-state index is -4.87. The predicted octanol–water partition coefficient (Wildman–Crippen LogP) is 5.58. The van der Waals surface area contributed by atoms with Crippen LogP contribution >= 0.6 is 11.6 Å². The number of nitrogens with one attached hydrogen (secondary N) is 1. The summed E-state index contributed by atoms with van der Waals surface area (Å²) in [5.74, 6) is -1.36. The van der Waals surface area contributed by atoms with E-state index in [1.165, 1.54) is 14.2 Å². The summed E-state index contributed by atoms with van der Waals surface area (Å²) in [6.45, 7) is 5.73. The number of nitrogens with zero attached hydrogens (tertiary/aromatic N) is 5.